The Bertz CT molecular complexity index is 866. The van der Waals surface area contributed by atoms with Gasteiger partial charge in [0.05, 0.1) is 11.5 Å². The number of rotatable bonds is 5. The van der Waals surface area contributed by atoms with Crippen molar-refractivity contribution in [3.05, 3.63) is 16.8 Å². The zero-order valence-corrected chi connectivity index (χ0v) is 15.4. The Morgan fingerprint density at radius 3 is 2.88 bits per heavy atom. The first-order valence-corrected chi connectivity index (χ1v) is 10.1. The van der Waals surface area contributed by atoms with Gasteiger partial charge in [0.1, 0.15) is 23.2 Å². The Kier molecular flexibility index (Phi) is 4.77. The van der Waals surface area contributed by atoms with Gasteiger partial charge in [0.2, 0.25) is 11.8 Å². The Morgan fingerprint density at radius 1 is 1.35 bits per heavy atom. The molecule has 2 aromatic rings. The predicted octanol–water partition coefficient (Wildman–Crippen LogP) is 3.45. The molecule has 1 unspecified atom stereocenters. The zero-order valence-electron chi connectivity index (χ0n) is 14.6. The minimum absolute atomic E-state index is 0.135. The van der Waals surface area contributed by atoms with Crippen molar-refractivity contribution in [1.29, 1.82) is 5.26 Å². The Balaban J connectivity index is 1.68. The highest BCUT2D eigenvalue weighted by Gasteiger charge is 2.33. The second-order valence-electron chi connectivity index (χ2n) is 7.23. The number of thiophene rings is 1. The second-order valence-corrected chi connectivity index (χ2v) is 8.31. The Morgan fingerprint density at radius 2 is 2.15 bits per heavy atom. The van der Waals surface area contributed by atoms with Gasteiger partial charge < -0.3 is 10.5 Å². The largest absolute Gasteiger partial charge is 0.474 e. The summed E-state index contributed by atoms with van der Waals surface area (Å²) in [7, 11) is 0. The van der Waals surface area contributed by atoms with Crippen LogP contribution in [0.3, 0.4) is 0 Å². The van der Waals surface area contributed by atoms with Gasteiger partial charge in [-0.3, -0.25) is 4.79 Å². The number of carbonyl (C=O) groups excluding carboxylic acids is 1. The summed E-state index contributed by atoms with van der Waals surface area (Å²) in [5.41, 5.74) is 6.56. The van der Waals surface area contributed by atoms with Crippen LogP contribution >= 0.6 is 11.3 Å². The highest BCUT2D eigenvalue weighted by atomic mass is 32.1. The highest BCUT2D eigenvalue weighted by molar-refractivity contribution is 7.19. The van der Waals surface area contributed by atoms with Gasteiger partial charge in [-0.05, 0) is 56.4 Å². The van der Waals surface area contributed by atoms with Gasteiger partial charge in [0.25, 0.3) is 0 Å². The van der Waals surface area contributed by atoms with Crippen molar-refractivity contribution >= 4 is 27.5 Å². The molecule has 0 bridgehead atoms. The Hall–Kier alpha value is -2.20. The normalized spacial score (nSPS) is 21.3. The summed E-state index contributed by atoms with van der Waals surface area (Å²) in [6.07, 6.45) is 9.94. The lowest BCUT2D eigenvalue weighted by Gasteiger charge is -2.23. The number of hydrogen-bond donors (Lipinski definition) is 1. The molecule has 2 atom stereocenters. The number of nitrogens with two attached hydrogens (primary N) is 1. The summed E-state index contributed by atoms with van der Waals surface area (Å²) in [5, 5.41) is 10.2. The standard InChI is InChI=1S/C19H22N4O2S/c20-9-12(17(21)24)8-11-6-7-14-15(11)16-18(22-10-23-19(16)26-14)25-13-4-2-1-3-5-13/h10-13H,1-8H2,(H2,21,24)/t11-,12?/m1/s1. The van der Waals surface area contributed by atoms with E-state index in [1.807, 2.05) is 6.07 Å². The number of ether oxygens (including phenoxy) is 1. The van der Waals surface area contributed by atoms with E-state index in [4.69, 9.17) is 10.5 Å². The van der Waals surface area contributed by atoms with Crippen LogP contribution in [0.4, 0.5) is 0 Å². The van der Waals surface area contributed by atoms with Crippen molar-refractivity contribution in [3.63, 3.8) is 0 Å². The van der Waals surface area contributed by atoms with Gasteiger partial charge in [-0.2, -0.15) is 5.26 Å². The molecule has 1 amide bonds. The number of aromatic nitrogens is 2. The monoisotopic (exact) mass is 370 g/mol. The van der Waals surface area contributed by atoms with E-state index in [1.54, 1.807) is 17.7 Å². The SMILES string of the molecule is N#CC(C[C@H]1CCc2sc3ncnc(OC4CCCCC4)c3c21)C(N)=O. The van der Waals surface area contributed by atoms with Crippen LogP contribution < -0.4 is 10.5 Å². The van der Waals surface area contributed by atoms with Crippen molar-refractivity contribution in [2.75, 3.05) is 0 Å². The molecule has 2 aliphatic rings. The molecule has 0 aliphatic heterocycles. The molecule has 0 radical (unpaired) electrons. The van der Waals surface area contributed by atoms with Crippen LogP contribution in [0.2, 0.25) is 0 Å². The summed E-state index contributed by atoms with van der Waals surface area (Å²) in [5.74, 6) is -0.502. The number of aryl methyl sites for hydroxylation is 1. The first kappa shape index (κ1) is 17.2. The highest BCUT2D eigenvalue weighted by Crippen LogP contribution is 2.48. The fourth-order valence-corrected chi connectivity index (χ4v) is 5.45. The van der Waals surface area contributed by atoms with E-state index < -0.39 is 11.8 Å². The number of amides is 1. The van der Waals surface area contributed by atoms with Gasteiger partial charge in [0, 0.05) is 4.88 Å². The van der Waals surface area contributed by atoms with Crippen molar-refractivity contribution in [2.45, 2.75) is 63.4 Å². The minimum Gasteiger partial charge on any atom is -0.474 e. The summed E-state index contributed by atoms with van der Waals surface area (Å²) in [4.78, 5) is 22.6. The third-order valence-electron chi connectivity index (χ3n) is 5.55. The third kappa shape index (κ3) is 3.14. The van der Waals surface area contributed by atoms with Gasteiger partial charge in [-0.1, -0.05) is 6.42 Å². The third-order valence-corrected chi connectivity index (χ3v) is 6.72. The van der Waals surface area contributed by atoms with Crippen LogP contribution in [0.1, 0.15) is 61.3 Å². The topological polar surface area (TPSA) is 102 Å². The predicted molar refractivity (Wildman–Crippen MR) is 98.9 cm³/mol. The maximum atomic E-state index is 11.5. The molecule has 2 aliphatic carbocycles. The quantitative estimate of drug-likeness (QED) is 0.868. The van der Waals surface area contributed by atoms with Crippen LogP contribution in [-0.4, -0.2) is 22.0 Å². The summed E-state index contributed by atoms with van der Waals surface area (Å²) in [6.45, 7) is 0. The van der Waals surface area contributed by atoms with E-state index in [0.29, 0.717) is 12.3 Å². The average molecular weight is 370 g/mol. The molecule has 2 N–H and O–H groups in total. The van der Waals surface area contributed by atoms with Gasteiger partial charge in [-0.25, -0.2) is 9.97 Å². The van der Waals surface area contributed by atoms with E-state index in [1.165, 1.54) is 29.7 Å². The first-order chi connectivity index (χ1) is 12.7. The van der Waals surface area contributed by atoms with E-state index in [-0.39, 0.29) is 12.0 Å². The molecule has 26 heavy (non-hydrogen) atoms. The number of hydrogen-bond acceptors (Lipinski definition) is 6. The number of nitrogens with zero attached hydrogens (tertiary/aromatic N) is 3. The smallest absolute Gasteiger partial charge is 0.234 e. The lowest BCUT2D eigenvalue weighted by Crippen LogP contribution is -2.23. The molecule has 7 heteroatoms. The summed E-state index contributed by atoms with van der Waals surface area (Å²) in [6, 6.07) is 2.05. The molecular formula is C19H22N4O2S. The zero-order chi connectivity index (χ0) is 18.1. The number of primary amides is 1. The number of carbonyl (C=O) groups is 1. The molecule has 1 saturated carbocycles. The molecular weight excluding hydrogens is 348 g/mol. The maximum Gasteiger partial charge on any atom is 0.234 e. The molecule has 2 aromatic heterocycles. The van der Waals surface area contributed by atoms with Gasteiger partial charge in [-0.15, -0.1) is 11.3 Å². The van der Waals surface area contributed by atoms with Crippen LogP contribution in [0.15, 0.2) is 6.33 Å². The Labute approximate surface area is 156 Å². The minimum atomic E-state index is -0.756. The first-order valence-electron chi connectivity index (χ1n) is 9.29. The summed E-state index contributed by atoms with van der Waals surface area (Å²) >= 11 is 1.68. The van der Waals surface area contributed by atoms with Crippen molar-refractivity contribution in [3.8, 4) is 11.9 Å². The second kappa shape index (κ2) is 7.20. The lowest BCUT2D eigenvalue weighted by atomic mass is 9.90. The van der Waals surface area contributed by atoms with Crippen LogP contribution in [0.5, 0.6) is 5.88 Å². The van der Waals surface area contributed by atoms with Crippen molar-refractivity contribution in [2.24, 2.45) is 11.7 Å². The molecule has 2 heterocycles. The summed E-state index contributed by atoms with van der Waals surface area (Å²) < 4.78 is 6.28. The molecule has 4 rings (SSSR count). The van der Waals surface area contributed by atoms with E-state index in [0.717, 1.165) is 35.9 Å². The van der Waals surface area contributed by atoms with Crippen LogP contribution in [0, 0.1) is 17.2 Å². The molecule has 0 spiro atoms. The molecule has 0 aromatic carbocycles. The fourth-order valence-electron chi connectivity index (χ4n) is 4.22. The van der Waals surface area contributed by atoms with Crippen molar-refractivity contribution in [1.82, 2.24) is 9.97 Å². The lowest BCUT2D eigenvalue weighted by molar-refractivity contribution is -0.120. The van der Waals surface area contributed by atoms with E-state index in [9.17, 15) is 10.1 Å². The van der Waals surface area contributed by atoms with Gasteiger partial charge >= 0.3 is 0 Å². The maximum absolute atomic E-state index is 11.5. The average Bonchev–Trinajstić information content (AvgIpc) is 3.20. The van der Waals surface area contributed by atoms with Crippen molar-refractivity contribution < 1.29 is 9.53 Å². The van der Waals surface area contributed by atoms with Crippen LogP contribution in [0.25, 0.3) is 10.2 Å². The number of fused-ring (bicyclic) bond motifs is 3. The molecule has 1 fully saturated rings. The van der Waals surface area contributed by atoms with Crippen LogP contribution in [-0.2, 0) is 11.2 Å². The fraction of sp³-hybridized carbons (Fsp3) is 0.579. The molecule has 0 saturated heterocycles. The molecule has 6 nitrogen and oxygen atoms in total. The number of nitriles is 1. The van der Waals surface area contributed by atoms with E-state index >= 15 is 0 Å². The molecule has 136 valence electrons. The van der Waals surface area contributed by atoms with Gasteiger partial charge in [0.15, 0.2) is 0 Å². The van der Waals surface area contributed by atoms with E-state index in [2.05, 4.69) is 9.97 Å².